The van der Waals surface area contributed by atoms with Crippen LogP contribution in [0.4, 0.5) is 5.69 Å². The number of rotatable bonds is 4. The second-order valence-corrected chi connectivity index (χ2v) is 9.06. The number of benzene rings is 1. The van der Waals surface area contributed by atoms with Crippen LogP contribution in [-0.2, 0) is 13.0 Å². The predicted molar refractivity (Wildman–Crippen MR) is 118 cm³/mol. The molecule has 0 bridgehead atoms. The second kappa shape index (κ2) is 7.17. The molecule has 1 fully saturated rings. The predicted octanol–water partition coefficient (Wildman–Crippen LogP) is 3.65. The van der Waals surface area contributed by atoms with E-state index in [1.165, 1.54) is 46.5 Å². The first-order valence-electron chi connectivity index (χ1n) is 11.0. The third-order valence-corrected chi connectivity index (χ3v) is 6.89. The summed E-state index contributed by atoms with van der Waals surface area (Å²) in [5.41, 5.74) is 6.51. The summed E-state index contributed by atoms with van der Waals surface area (Å²) in [5, 5.41) is 8.06. The van der Waals surface area contributed by atoms with Gasteiger partial charge in [-0.2, -0.15) is 5.10 Å². The second-order valence-electron chi connectivity index (χ2n) is 9.06. The van der Waals surface area contributed by atoms with E-state index in [-0.39, 0.29) is 0 Å². The normalized spacial score (nSPS) is 23.0. The SMILES string of the molecule is Cc1cnn(CC(C)c2nc3c4c(ccc3n2C2CCNC2)N(C)C(C)CC4)c1. The Bertz CT molecular complexity index is 1030. The molecule has 6 heteroatoms. The summed E-state index contributed by atoms with van der Waals surface area (Å²) in [5.74, 6) is 1.51. The van der Waals surface area contributed by atoms with Crippen molar-refractivity contribution in [1.82, 2.24) is 24.6 Å². The molecule has 3 unspecified atom stereocenters. The quantitative estimate of drug-likeness (QED) is 0.736. The summed E-state index contributed by atoms with van der Waals surface area (Å²) in [6.45, 7) is 9.67. The zero-order valence-corrected chi connectivity index (χ0v) is 18.0. The Kier molecular flexibility index (Phi) is 4.62. The van der Waals surface area contributed by atoms with Crippen molar-refractivity contribution >= 4 is 16.7 Å². The van der Waals surface area contributed by atoms with E-state index in [9.17, 15) is 0 Å². The molecule has 3 aromatic rings. The van der Waals surface area contributed by atoms with E-state index in [0.717, 1.165) is 26.1 Å². The summed E-state index contributed by atoms with van der Waals surface area (Å²) in [7, 11) is 2.22. The average Bonchev–Trinajstić information content (AvgIpc) is 3.43. The van der Waals surface area contributed by atoms with Crippen LogP contribution in [0.15, 0.2) is 24.5 Å². The van der Waals surface area contributed by atoms with Crippen LogP contribution in [0.5, 0.6) is 0 Å². The Morgan fingerprint density at radius 1 is 1.28 bits per heavy atom. The number of nitrogens with zero attached hydrogens (tertiary/aromatic N) is 5. The van der Waals surface area contributed by atoms with Gasteiger partial charge in [-0.1, -0.05) is 6.92 Å². The zero-order valence-electron chi connectivity index (χ0n) is 18.0. The van der Waals surface area contributed by atoms with Crippen LogP contribution in [-0.4, -0.2) is 45.5 Å². The molecule has 1 saturated heterocycles. The molecule has 3 atom stereocenters. The van der Waals surface area contributed by atoms with E-state index in [2.05, 4.69) is 70.7 Å². The van der Waals surface area contributed by atoms with E-state index >= 15 is 0 Å². The summed E-state index contributed by atoms with van der Waals surface area (Å²) in [6, 6.07) is 5.69. The van der Waals surface area contributed by atoms with Crippen LogP contribution in [0.2, 0.25) is 0 Å². The van der Waals surface area contributed by atoms with E-state index in [0.29, 0.717) is 18.0 Å². The van der Waals surface area contributed by atoms with Crippen molar-refractivity contribution in [2.45, 2.75) is 64.6 Å². The lowest BCUT2D eigenvalue weighted by molar-refractivity contribution is 0.470. The molecule has 6 nitrogen and oxygen atoms in total. The maximum atomic E-state index is 5.30. The Balaban J connectivity index is 1.62. The third-order valence-electron chi connectivity index (χ3n) is 6.89. The molecule has 4 heterocycles. The Labute approximate surface area is 172 Å². The Morgan fingerprint density at radius 3 is 2.86 bits per heavy atom. The number of imidazole rings is 1. The molecule has 0 spiro atoms. The molecule has 1 N–H and O–H groups in total. The Morgan fingerprint density at radius 2 is 2.14 bits per heavy atom. The van der Waals surface area contributed by atoms with Gasteiger partial charge in [-0.05, 0) is 57.4 Å². The number of hydrogen-bond donors (Lipinski definition) is 1. The largest absolute Gasteiger partial charge is 0.372 e. The molecule has 5 rings (SSSR count). The number of aromatic nitrogens is 4. The lowest BCUT2D eigenvalue weighted by atomic mass is 9.96. The molecule has 0 amide bonds. The standard InChI is InChI=1S/C23H32N6/c1-15-11-25-28(13-15)14-16(2)23-26-22-19-6-5-17(3)27(4)20(19)7-8-21(22)29(23)18-9-10-24-12-18/h7-8,11,13,16-18,24H,5-6,9-10,12,14H2,1-4H3. The van der Waals surface area contributed by atoms with Crippen LogP contribution in [0.1, 0.15) is 55.6 Å². The minimum absolute atomic E-state index is 0.304. The molecule has 2 aliphatic heterocycles. The van der Waals surface area contributed by atoms with E-state index < -0.39 is 0 Å². The lowest BCUT2D eigenvalue weighted by Gasteiger charge is -2.34. The number of aryl methyl sites for hydroxylation is 2. The fourth-order valence-electron chi connectivity index (χ4n) is 5.11. The molecule has 2 aliphatic rings. The van der Waals surface area contributed by atoms with Crippen LogP contribution < -0.4 is 10.2 Å². The van der Waals surface area contributed by atoms with Crippen LogP contribution in [0.25, 0.3) is 11.0 Å². The van der Waals surface area contributed by atoms with Gasteiger partial charge in [0.05, 0.1) is 23.8 Å². The first-order valence-corrected chi connectivity index (χ1v) is 11.0. The van der Waals surface area contributed by atoms with Crippen molar-refractivity contribution < 1.29 is 0 Å². The first-order chi connectivity index (χ1) is 14.0. The van der Waals surface area contributed by atoms with Gasteiger partial charge in [0, 0.05) is 49.0 Å². The van der Waals surface area contributed by atoms with E-state index in [4.69, 9.17) is 4.98 Å². The molecular formula is C23H32N6. The highest BCUT2D eigenvalue weighted by Gasteiger charge is 2.29. The van der Waals surface area contributed by atoms with Crippen molar-refractivity contribution in [3.63, 3.8) is 0 Å². The molecule has 0 saturated carbocycles. The minimum atomic E-state index is 0.304. The monoisotopic (exact) mass is 392 g/mol. The third kappa shape index (κ3) is 3.14. The van der Waals surface area contributed by atoms with Crippen LogP contribution in [0.3, 0.4) is 0 Å². The van der Waals surface area contributed by atoms with Crippen LogP contribution >= 0.6 is 0 Å². The topological polar surface area (TPSA) is 50.9 Å². The molecule has 154 valence electrons. The van der Waals surface area contributed by atoms with Crippen molar-refractivity contribution in [2.24, 2.45) is 0 Å². The molecular weight excluding hydrogens is 360 g/mol. The van der Waals surface area contributed by atoms with E-state index in [1.807, 2.05) is 6.20 Å². The summed E-state index contributed by atoms with van der Waals surface area (Å²) in [4.78, 5) is 7.72. The van der Waals surface area contributed by atoms with Crippen molar-refractivity contribution in [1.29, 1.82) is 0 Å². The van der Waals surface area contributed by atoms with Gasteiger partial charge in [0.25, 0.3) is 0 Å². The van der Waals surface area contributed by atoms with Gasteiger partial charge in [-0.15, -0.1) is 0 Å². The highest BCUT2D eigenvalue weighted by atomic mass is 15.3. The summed E-state index contributed by atoms with van der Waals surface area (Å²) < 4.78 is 4.59. The number of nitrogens with one attached hydrogen (secondary N) is 1. The number of fused-ring (bicyclic) bond motifs is 3. The van der Waals surface area contributed by atoms with Crippen LogP contribution in [0, 0.1) is 6.92 Å². The molecule has 2 aromatic heterocycles. The van der Waals surface area contributed by atoms with Gasteiger partial charge < -0.3 is 14.8 Å². The minimum Gasteiger partial charge on any atom is -0.372 e. The maximum Gasteiger partial charge on any atom is 0.114 e. The van der Waals surface area contributed by atoms with Gasteiger partial charge in [-0.25, -0.2) is 4.98 Å². The fourth-order valence-corrected chi connectivity index (χ4v) is 5.11. The first kappa shape index (κ1) is 18.7. The molecule has 0 radical (unpaired) electrons. The Hall–Kier alpha value is -2.34. The molecule has 1 aromatic carbocycles. The molecule has 29 heavy (non-hydrogen) atoms. The summed E-state index contributed by atoms with van der Waals surface area (Å²) >= 11 is 0. The highest BCUT2D eigenvalue weighted by Crippen LogP contribution is 2.38. The fraction of sp³-hybridized carbons (Fsp3) is 0.565. The molecule has 0 aliphatic carbocycles. The zero-order chi connectivity index (χ0) is 20.1. The number of hydrogen-bond acceptors (Lipinski definition) is 4. The number of anilines is 1. The van der Waals surface area contributed by atoms with Crippen molar-refractivity contribution in [3.8, 4) is 0 Å². The lowest BCUT2D eigenvalue weighted by Crippen LogP contribution is -2.33. The van der Waals surface area contributed by atoms with E-state index in [1.54, 1.807) is 0 Å². The average molecular weight is 393 g/mol. The van der Waals surface area contributed by atoms with Gasteiger partial charge >= 0.3 is 0 Å². The van der Waals surface area contributed by atoms with Crippen molar-refractivity contribution in [3.05, 3.63) is 41.5 Å². The van der Waals surface area contributed by atoms with Gasteiger partial charge in [-0.3, -0.25) is 4.68 Å². The summed E-state index contributed by atoms with van der Waals surface area (Å²) in [6.07, 6.45) is 7.53. The van der Waals surface area contributed by atoms with Gasteiger partial charge in [0.15, 0.2) is 0 Å². The van der Waals surface area contributed by atoms with Crippen molar-refractivity contribution in [2.75, 3.05) is 25.0 Å². The van der Waals surface area contributed by atoms with Gasteiger partial charge in [0.1, 0.15) is 5.82 Å². The highest BCUT2D eigenvalue weighted by molar-refractivity contribution is 5.86. The van der Waals surface area contributed by atoms with Gasteiger partial charge in [0.2, 0.25) is 0 Å². The smallest absolute Gasteiger partial charge is 0.114 e. The maximum absolute atomic E-state index is 5.30.